The SMILES string of the molecule is Cc1ccc(OCC2CCNCC2)c(C)c1C. The smallest absolute Gasteiger partial charge is 0.122 e. The van der Waals surface area contributed by atoms with E-state index < -0.39 is 0 Å². The van der Waals surface area contributed by atoms with Crippen molar-refractivity contribution in [2.45, 2.75) is 33.6 Å². The lowest BCUT2D eigenvalue weighted by Crippen LogP contribution is -2.30. The van der Waals surface area contributed by atoms with E-state index in [-0.39, 0.29) is 0 Å². The second kappa shape index (κ2) is 5.54. The van der Waals surface area contributed by atoms with Crippen molar-refractivity contribution in [3.63, 3.8) is 0 Å². The largest absolute Gasteiger partial charge is 0.493 e. The Kier molecular flexibility index (Phi) is 4.06. The van der Waals surface area contributed by atoms with Gasteiger partial charge in [0.15, 0.2) is 0 Å². The van der Waals surface area contributed by atoms with Crippen molar-refractivity contribution in [2.24, 2.45) is 5.92 Å². The minimum absolute atomic E-state index is 0.720. The first-order chi connectivity index (χ1) is 8.18. The monoisotopic (exact) mass is 233 g/mol. The number of nitrogens with one attached hydrogen (secondary N) is 1. The summed E-state index contributed by atoms with van der Waals surface area (Å²) in [7, 11) is 0. The average molecular weight is 233 g/mol. The Bertz CT molecular complexity index is 381. The molecule has 0 atom stereocenters. The second-order valence-electron chi connectivity index (χ2n) is 5.13. The highest BCUT2D eigenvalue weighted by atomic mass is 16.5. The van der Waals surface area contributed by atoms with Gasteiger partial charge < -0.3 is 10.1 Å². The number of piperidine rings is 1. The maximum atomic E-state index is 5.98. The van der Waals surface area contributed by atoms with Crippen LogP contribution in [0.5, 0.6) is 5.75 Å². The van der Waals surface area contributed by atoms with E-state index in [1.807, 2.05) is 0 Å². The van der Waals surface area contributed by atoms with Crippen molar-refractivity contribution in [2.75, 3.05) is 19.7 Å². The van der Waals surface area contributed by atoms with Crippen LogP contribution in [0.15, 0.2) is 12.1 Å². The van der Waals surface area contributed by atoms with E-state index in [0.29, 0.717) is 0 Å². The summed E-state index contributed by atoms with van der Waals surface area (Å²) in [5.41, 5.74) is 3.99. The summed E-state index contributed by atoms with van der Waals surface area (Å²) in [6, 6.07) is 4.26. The lowest BCUT2D eigenvalue weighted by molar-refractivity contribution is 0.214. The molecule has 1 N–H and O–H groups in total. The topological polar surface area (TPSA) is 21.3 Å². The highest BCUT2D eigenvalue weighted by Gasteiger charge is 2.14. The van der Waals surface area contributed by atoms with E-state index in [0.717, 1.165) is 31.4 Å². The van der Waals surface area contributed by atoms with Gasteiger partial charge in [0, 0.05) is 0 Å². The van der Waals surface area contributed by atoms with Crippen molar-refractivity contribution in [3.8, 4) is 5.75 Å². The molecule has 0 saturated carbocycles. The number of benzene rings is 1. The molecule has 1 fully saturated rings. The summed E-state index contributed by atoms with van der Waals surface area (Å²) in [4.78, 5) is 0. The van der Waals surface area contributed by atoms with Crippen molar-refractivity contribution in [1.29, 1.82) is 0 Å². The van der Waals surface area contributed by atoms with Gasteiger partial charge in [0.1, 0.15) is 5.75 Å². The van der Waals surface area contributed by atoms with Gasteiger partial charge in [0.2, 0.25) is 0 Å². The van der Waals surface area contributed by atoms with E-state index in [2.05, 4.69) is 38.2 Å². The van der Waals surface area contributed by atoms with Gasteiger partial charge >= 0.3 is 0 Å². The van der Waals surface area contributed by atoms with Crippen LogP contribution in [-0.2, 0) is 0 Å². The van der Waals surface area contributed by atoms with Crippen molar-refractivity contribution in [3.05, 3.63) is 28.8 Å². The first kappa shape index (κ1) is 12.4. The molecule has 2 rings (SSSR count). The zero-order valence-electron chi connectivity index (χ0n) is 11.2. The summed E-state index contributed by atoms with van der Waals surface area (Å²) < 4.78 is 5.98. The first-order valence-corrected chi connectivity index (χ1v) is 6.59. The predicted octanol–water partition coefficient (Wildman–Crippen LogP) is 2.99. The van der Waals surface area contributed by atoms with Crippen LogP contribution in [0, 0.1) is 26.7 Å². The molecule has 1 heterocycles. The molecule has 0 bridgehead atoms. The number of rotatable bonds is 3. The van der Waals surface area contributed by atoms with Crippen molar-refractivity contribution >= 4 is 0 Å². The van der Waals surface area contributed by atoms with E-state index >= 15 is 0 Å². The van der Waals surface area contributed by atoms with Crippen LogP contribution in [0.3, 0.4) is 0 Å². The highest BCUT2D eigenvalue weighted by molar-refractivity contribution is 5.42. The number of hydrogen-bond acceptors (Lipinski definition) is 2. The Balaban J connectivity index is 1.96. The minimum Gasteiger partial charge on any atom is -0.493 e. The lowest BCUT2D eigenvalue weighted by atomic mass is 9.99. The third-order valence-corrected chi connectivity index (χ3v) is 3.94. The molecule has 0 aromatic heterocycles. The number of hydrogen-bond donors (Lipinski definition) is 1. The molecule has 1 saturated heterocycles. The molecule has 2 nitrogen and oxygen atoms in total. The minimum atomic E-state index is 0.720. The summed E-state index contributed by atoms with van der Waals surface area (Å²) in [5.74, 6) is 1.78. The Morgan fingerprint density at radius 3 is 2.53 bits per heavy atom. The Morgan fingerprint density at radius 1 is 1.12 bits per heavy atom. The highest BCUT2D eigenvalue weighted by Crippen LogP contribution is 2.25. The summed E-state index contributed by atoms with van der Waals surface area (Å²) in [6.45, 7) is 9.62. The molecule has 1 aliphatic heterocycles. The lowest BCUT2D eigenvalue weighted by Gasteiger charge is -2.23. The number of aryl methyl sites for hydroxylation is 1. The Hall–Kier alpha value is -1.02. The molecule has 1 aromatic carbocycles. The molecule has 2 heteroatoms. The molecule has 0 unspecified atom stereocenters. The molecular weight excluding hydrogens is 210 g/mol. The Labute approximate surface area is 104 Å². The molecular formula is C15H23NO. The Morgan fingerprint density at radius 2 is 1.82 bits per heavy atom. The van der Waals surface area contributed by atoms with Crippen LogP contribution in [0.2, 0.25) is 0 Å². The van der Waals surface area contributed by atoms with Crippen LogP contribution in [0.4, 0.5) is 0 Å². The fourth-order valence-electron chi connectivity index (χ4n) is 2.34. The molecule has 1 aliphatic rings. The third-order valence-electron chi connectivity index (χ3n) is 3.94. The summed E-state index contributed by atoms with van der Waals surface area (Å²) in [6.07, 6.45) is 2.48. The van der Waals surface area contributed by atoms with Gasteiger partial charge in [-0.2, -0.15) is 0 Å². The van der Waals surface area contributed by atoms with E-state index in [4.69, 9.17) is 4.74 Å². The van der Waals surface area contributed by atoms with Crippen LogP contribution < -0.4 is 10.1 Å². The maximum Gasteiger partial charge on any atom is 0.122 e. The van der Waals surface area contributed by atoms with E-state index in [1.54, 1.807) is 0 Å². The van der Waals surface area contributed by atoms with Gasteiger partial charge in [-0.25, -0.2) is 0 Å². The van der Waals surface area contributed by atoms with Crippen LogP contribution in [-0.4, -0.2) is 19.7 Å². The van der Waals surface area contributed by atoms with Gasteiger partial charge in [0.05, 0.1) is 6.61 Å². The van der Waals surface area contributed by atoms with Gasteiger partial charge in [-0.05, 0) is 75.4 Å². The van der Waals surface area contributed by atoms with Gasteiger partial charge in [0.25, 0.3) is 0 Å². The van der Waals surface area contributed by atoms with Crippen LogP contribution >= 0.6 is 0 Å². The molecule has 1 aromatic rings. The second-order valence-corrected chi connectivity index (χ2v) is 5.13. The van der Waals surface area contributed by atoms with Crippen molar-refractivity contribution in [1.82, 2.24) is 5.32 Å². The summed E-state index contributed by atoms with van der Waals surface area (Å²) >= 11 is 0. The normalized spacial score (nSPS) is 17.1. The zero-order valence-corrected chi connectivity index (χ0v) is 11.2. The zero-order chi connectivity index (χ0) is 12.3. The van der Waals surface area contributed by atoms with Gasteiger partial charge in [-0.1, -0.05) is 6.07 Å². The average Bonchev–Trinajstić information content (AvgIpc) is 2.36. The van der Waals surface area contributed by atoms with Gasteiger partial charge in [-0.3, -0.25) is 0 Å². The third kappa shape index (κ3) is 3.01. The standard InChI is InChI=1S/C15H23NO/c1-11-4-5-15(13(3)12(11)2)17-10-14-6-8-16-9-7-14/h4-5,14,16H,6-10H2,1-3H3. The molecule has 0 amide bonds. The van der Waals surface area contributed by atoms with Crippen LogP contribution in [0.1, 0.15) is 29.5 Å². The predicted molar refractivity (Wildman–Crippen MR) is 71.7 cm³/mol. The maximum absolute atomic E-state index is 5.98. The quantitative estimate of drug-likeness (QED) is 0.866. The fraction of sp³-hybridized carbons (Fsp3) is 0.600. The molecule has 17 heavy (non-hydrogen) atoms. The molecule has 0 aliphatic carbocycles. The van der Waals surface area contributed by atoms with Crippen LogP contribution in [0.25, 0.3) is 0 Å². The summed E-state index contributed by atoms with van der Waals surface area (Å²) in [5, 5.41) is 3.39. The first-order valence-electron chi connectivity index (χ1n) is 6.59. The fourth-order valence-corrected chi connectivity index (χ4v) is 2.34. The molecule has 94 valence electrons. The number of ether oxygens (including phenoxy) is 1. The molecule has 0 radical (unpaired) electrons. The van der Waals surface area contributed by atoms with E-state index in [1.165, 1.54) is 29.5 Å². The van der Waals surface area contributed by atoms with Crippen molar-refractivity contribution < 1.29 is 4.74 Å². The van der Waals surface area contributed by atoms with E-state index in [9.17, 15) is 0 Å². The molecule has 0 spiro atoms. The van der Waals surface area contributed by atoms with Gasteiger partial charge in [-0.15, -0.1) is 0 Å².